The molecule has 0 unspecified atom stereocenters. The van der Waals surface area contributed by atoms with Gasteiger partial charge in [0.15, 0.2) is 23.0 Å². The summed E-state index contributed by atoms with van der Waals surface area (Å²) < 4.78 is 62.5. The van der Waals surface area contributed by atoms with E-state index < -0.39 is 15.7 Å². The van der Waals surface area contributed by atoms with Gasteiger partial charge in [-0.05, 0) is 31.2 Å². The summed E-state index contributed by atoms with van der Waals surface area (Å²) in [7, 11) is -3.56. The van der Waals surface area contributed by atoms with Crippen LogP contribution < -0.4 is 18.9 Å². The summed E-state index contributed by atoms with van der Waals surface area (Å²) in [6.07, 6.45) is 0.992. The minimum atomic E-state index is -3.56. The fraction of sp³-hybridized carbons (Fsp3) is 0.478. The second-order valence-electron chi connectivity index (χ2n) is 7.60. The Labute approximate surface area is 194 Å². The van der Waals surface area contributed by atoms with Crippen molar-refractivity contribution in [3.63, 3.8) is 0 Å². The van der Waals surface area contributed by atoms with Crippen molar-refractivity contribution in [1.29, 1.82) is 0 Å². The van der Waals surface area contributed by atoms with Gasteiger partial charge in [0.1, 0.15) is 32.0 Å². The molecule has 0 saturated heterocycles. The molecule has 33 heavy (non-hydrogen) atoms. The molecule has 0 atom stereocenters. The summed E-state index contributed by atoms with van der Waals surface area (Å²) in [4.78, 5) is 0. The van der Waals surface area contributed by atoms with Gasteiger partial charge < -0.3 is 28.4 Å². The van der Waals surface area contributed by atoms with Gasteiger partial charge in [-0.1, -0.05) is 24.3 Å². The van der Waals surface area contributed by atoms with Crippen molar-refractivity contribution in [2.75, 3.05) is 59.1 Å². The molecule has 0 aromatic heterocycles. The van der Waals surface area contributed by atoms with E-state index in [2.05, 4.69) is 0 Å². The highest BCUT2D eigenvalue weighted by Crippen LogP contribution is 2.30. The second-order valence-corrected chi connectivity index (χ2v) is 9.25. The maximum Gasteiger partial charge on any atom is 0.264 e. The number of rotatable bonds is 5. The minimum Gasteiger partial charge on any atom is -0.487 e. The molecule has 2 aromatic carbocycles. The molecule has 3 rings (SSSR count). The Hall–Kier alpha value is -2.53. The summed E-state index contributed by atoms with van der Waals surface area (Å²) in [6, 6.07) is 14.6. The molecule has 0 saturated carbocycles. The Balaban J connectivity index is 1.76. The molecular weight excluding hydrogens is 452 g/mol. The standard InChI is InChI=1S/C23H30O9S/c1-23(31-15-16-32-33(2,24)25)17-29-21-9-5-3-7-19(21)27-13-11-26-12-14-28-20-8-4-6-10-22(20)30-18-23/h3-10H,11-18H2,1-2H3. The smallest absolute Gasteiger partial charge is 0.264 e. The van der Waals surface area contributed by atoms with Crippen molar-refractivity contribution in [2.45, 2.75) is 12.5 Å². The third-order valence-electron chi connectivity index (χ3n) is 4.57. The molecule has 0 radical (unpaired) electrons. The lowest BCUT2D eigenvalue weighted by Gasteiger charge is -2.30. The highest BCUT2D eigenvalue weighted by Gasteiger charge is 2.29. The van der Waals surface area contributed by atoms with Crippen molar-refractivity contribution in [3.05, 3.63) is 48.5 Å². The lowest BCUT2D eigenvalue weighted by atomic mass is 10.1. The Bertz CT molecular complexity index is 922. The molecule has 2 aromatic rings. The lowest BCUT2D eigenvalue weighted by molar-refractivity contribution is -0.0911. The van der Waals surface area contributed by atoms with E-state index in [0.29, 0.717) is 49.4 Å². The Morgan fingerprint density at radius 1 is 0.758 bits per heavy atom. The summed E-state index contributed by atoms with van der Waals surface area (Å²) in [6.45, 7) is 3.48. The van der Waals surface area contributed by atoms with Crippen LogP contribution in [-0.2, 0) is 23.8 Å². The third-order valence-corrected chi connectivity index (χ3v) is 5.16. The predicted molar refractivity (Wildman–Crippen MR) is 121 cm³/mol. The van der Waals surface area contributed by atoms with Gasteiger partial charge in [0, 0.05) is 0 Å². The van der Waals surface area contributed by atoms with Crippen molar-refractivity contribution in [3.8, 4) is 23.0 Å². The van der Waals surface area contributed by atoms with Gasteiger partial charge in [-0.3, -0.25) is 4.18 Å². The van der Waals surface area contributed by atoms with Crippen LogP contribution in [0.4, 0.5) is 0 Å². The highest BCUT2D eigenvalue weighted by atomic mass is 32.2. The number of hydrogen-bond acceptors (Lipinski definition) is 9. The Morgan fingerprint density at radius 2 is 1.21 bits per heavy atom. The fourth-order valence-electron chi connectivity index (χ4n) is 2.96. The van der Waals surface area contributed by atoms with Crippen LogP contribution in [0.25, 0.3) is 0 Å². The van der Waals surface area contributed by atoms with Crippen molar-refractivity contribution in [2.24, 2.45) is 0 Å². The molecule has 1 aliphatic heterocycles. The second kappa shape index (κ2) is 12.1. The zero-order chi connectivity index (χ0) is 23.6. The average molecular weight is 483 g/mol. The van der Waals surface area contributed by atoms with Crippen molar-refractivity contribution < 1.29 is 41.0 Å². The third kappa shape index (κ3) is 8.73. The molecule has 0 spiro atoms. The molecule has 1 aliphatic rings. The molecule has 1 heterocycles. The molecular formula is C23H30O9S. The summed E-state index contributed by atoms with van der Waals surface area (Å²) in [5.41, 5.74) is -0.929. The lowest BCUT2D eigenvalue weighted by Crippen LogP contribution is -2.43. The maximum atomic E-state index is 11.2. The van der Waals surface area contributed by atoms with E-state index in [1.165, 1.54) is 0 Å². The molecule has 0 aliphatic carbocycles. The quantitative estimate of drug-likeness (QED) is 0.470. The van der Waals surface area contributed by atoms with Crippen LogP contribution in [0.1, 0.15) is 6.92 Å². The van der Waals surface area contributed by atoms with E-state index in [9.17, 15) is 8.42 Å². The topological polar surface area (TPSA) is 98.8 Å². The van der Waals surface area contributed by atoms with Crippen LogP contribution in [-0.4, -0.2) is 73.1 Å². The van der Waals surface area contributed by atoms with E-state index in [1.807, 2.05) is 43.3 Å². The van der Waals surface area contributed by atoms with Gasteiger partial charge >= 0.3 is 0 Å². The van der Waals surface area contributed by atoms with Crippen LogP contribution in [0.15, 0.2) is 48.5 Å². The van der Waals surface area contributed by atoms with Crippen molar-refractivity contribution in [1.82, 2.24) is 0 Å². The normalized spacial score (nSPS) is 17.3. The molecule has 0 amide bonds. The fourth-order valence-corrected chi connectivity index (χ4v) is 3.33. The van der Waals surface area contributed by atoms with Crippen LogP contribution in [0.2, 0.25) is 0 Å². The predicted octanol–water partition coefficient (Wildman–Crippen LogP) is 2.68. The van der Waals surface area contributed by atoms with Gasteiger partial charge in [-0.15, -0.1) is 0 Å². The highest BCUT2D eigenvalue weighted by molar-refractivity contribution is 7.85. The van der Waals surface area contributed by atoms with Crippen molar-refractivity contribution >= 4 is 10.1 Å². The average Bonchev–Trinajstić information content (AvgIpc) is 2.79. The first-order chi connectivity index (χ1) is 15.8. The molecule has 0 N–H and O–H groups in total. The molecule has 10 heteroatoms. The number of hydrogen-bond donors (Lipinski definition) is 0. The SMILES string of the molecule is CC1(OCCOS(C)(=O)=O)COc2ccccc2OCCOCCOc2ccccc2OC1. The zero-order valence-corrected chi connectivity index (χ0v) is 19.7. The molecule has 9 nitrogen and oxygen atoms in total. The van der Waals surface area contributed by atoms with Crippen LogP contribution in [0.5, 0.6) is 23.0 Å². The van der Waals surface area contributed by atoms with E-state index in [0.717, 1.165) is 6.26 Å². The van der Waals surface area contributed by atoms with Gasteiger partial charge in [0.25, 0.3) is 10.1 Å². The van der Waals surface area contributed by atoms with Gasteiger partial charge in [-0.25, -0.2) is 0 Å². The maximum absolute atomic E-state index is 11.2. The summed E-state index contributed by atoms with van der Waals surface area (Å²) in [5.74, 6) is 2.27. The van der Waals surface area contributed by atoms with E-state index in [1.54, 1.807) is 12.1 Å². The first-order valence-corrected chi connectivity index (χ1v) is 12.4. The first kappa shape index (κ1) is 25.1. The first-order valence-electron chi connectivity index (χ1n) is 10.6. The zero-order valence-electron chi connectivity index (χ0n) is 18.9. The molecule has 182 valence electrons. The van der Waals surface area contributed by atoms with E-state index in [4.69, 9.17) is 32.6 Å². The summed E-state index contributed by atoms with van der Waals surface area (Å²) >= 11 is 0. The number of ether oxygens (including phenoxy) is 6. The molecule has 0 bridgehead atoms. The molecule has 0 fully saturated rings. The number of benzene rings is 2. The monoisotopic (exact) mass is 482 g/mol. The van der Waals surface area contributed by atoms with Crippen LogP contribution in [0.3, 0.4) is 0 Å². The summed E-state index contributed by atoms with van der Waals surface area (Å²) in [5, 5.41) is 0. The van der Waals surface area contributed by atoms with E-state index in [-0.39, 0.29) is 26.4 Å². The number of fused-ring (bicyclic) bond motifs is 2. The van der Waals surface area contributed by atoms with E-state index >= 15 is 0 Å². The Morgan fingerprint density at radius 3 is 1.67 bits per heavy atom. The van der Waals surface area contributed by atoms with Crippen LogP contribution >= 0.6 is 0 Å². The largest absolute Gasteiger partial charge is 0.487 e. The van der Waals surface area contributed by atoms with Gasteiger partial charge in [-0.2, -0.15) is 8.42 Å². The van der Waals surface area contributed by atoms with Crippen LogP contribution in [0, 0.1) is 0 Å². The number of para-hydroxylation sites is 4. The van der Waals surface area contributed by atoms with Gasteiger partial charge in [0.2, 0.25) is 0 Å². The Kier molecular flexibility index (Phi) is 9.19. The minimum absolute atomic E-state index is 0.0317. The van der Waals surface area contributed by atoms with Gasteiger partial charge in [0.05, 0.1) is 32.7 Å².